The molecule has 0 atom stereocenters. The van der Waals surface area contributed by atoms with Crippen molar-refractivity contribution in [2.24, 2.45) is 0 Å². The lowest BCUT2D eigenvalue weighted by atomic mass is 10.2. The molecule has 0 bridgehead atoms. The third-order valence-corrected chi connectivity index (χ3v) is 8.85. The second-order valence-corrected chi connectivity index (χ2v) is 11.0. The highest BCUT2D eigenvalue weighted by Gasteiger charge is 2.36. The van der Waals surface area contributed by atoms with Gasteiger partial charge in [0.05, 0.1) is 16.3 Å². The summed E-state index contributed by atoms with van der Waals surface area (Å²) in [5.41, 5.74) is 3.36. The average Bonchev–Trinajstić information content (AvgIpc) is 2.68. The van der Waals surface area contributed by atoms with Crippen molar-refractivity contribution < 1.29 is 16.8 Å². The smallest absolute Gasteiger partial charge is 0.206 e. The molecule has 0 aliphatic carbocycles. The van der Waals surface area contributed by atoms with Crippen LogP contribution in [0.4, 0.5) is 0 Å². The summed E-state index contributed by atoms with van der Waals surface area (Å²) in [7, 11) is -8.59. The van der Waals surface area contributed by atoms with Crippen molar-refractivity contribution in [2.75, 3.05) is 0 Å². The second kappa shape index (κ2) is 8.10. The Morgan fingerprint density at radius 2 is 0.862 bits per heavy atom. The summed E-state index contributed by atoms with van der Waals surface area (Å²) in [5, 5.41) is 0. The van der Waals surface area contributed by atoms with E-state index in [9.17, 15) is 16.8 Å². The highest BCUT2D eigenvalue weighted by molar-refractivity contribution is 8.04. The van der Waals surface area contributed by atoms with Crippen molar-refractivity contribution in [3.05, 3.63) is 95.1 Å². The first-order valence-electron chi connectivity index (χ1n) is 9.07. The minimum atomic E-state index is -4.30. The van der Waals surface area contributed by atoms with Gasteiger partial charge in [0.15, 0.2) is 0 Å². The lowest BCUT2D eigenvalue weighted by Gasteiger charge is -2.22. The molecule has 7 heteroatoms. The SMILES string of the molecule is Cc1ccc(CN(S(=O)(=O)c2ccc(C)cc2)S(=O)(=O)c2ccc(C)cc2)cc1. The maximum absolute atomic E-state index is 13.3. The summed E-state index contributed by atoms with van der Waals surface area (Å²) in [6, 6.07) is 19.4. The summed E-state index contributed by atoms with van der Waals surface area (Å²) < 4.78 is 54.0. The largest absolute Gasteiger partial charge is 0.256 e. The lowest BCUT2D eigenvalue weighted by molar-refractivity contribution is 0.494. The third kappa shape index (κ3) is 4.58. The zero-order valence-electron chi connectivity index (χ0n) is 16.5. The predicted molar refractivity (Wildman–Crippen MR) is 113 cm³/mol. The van der Waals surface area contributed by atoms with Crippen LogP contribution in [0.15, 0.2) is 82.6 Å². The Kier molecular flexibility index (Phi) is 5.93. The van der Waals surface area contributed by atoms with Crippen molar-refractivity contribution in [1.29, 1.82) is 0 Å². The van der Waals surface area contributed by atoms with Crippen molar-refractivity contribution in [2.45, 2.75) is 37.1 Å². The Morgan fingerprint density at radius 1 is 0.552 bits per heavy atom. The normalized spacial score (nSPS) is 12.3. The fourth-order valence-corrected chi connectivity index (χ4v) is 6.42. The quantitative estimate of drug-likeness (QED) is 0.589. The van der Waals surface area contributed by atoms with Crippen LogP contribution in [-0.2, 0) is 26.6 Å². The summed E-state index contributed by atoms with van der Waals surface area (Å²) in [4.78, 5) is -0.128. The van der Waals surface area contributed by atoms with E-state index in [0.717, 1.165) is 16.7 Å². The molecule has 0 aliphatic rings. The van der Waals surface area contributed by atoms with Gasteiger partial charge >= 0.3 is 0 Å². The molecule has 5 nitrogen and oxygen atoms in total. The van der Waals surface area contributed by atoms with E-state index >= 15 is 0 Å². The Bertz CT molecular complexity index is 1120. The molecular weight excluding hydrogens is 406 g/mol. The van der Waals surface area contributed by atoms with Gasteiger partial charge in [0.25, 0.3) is 20.0 Å². The molecule has 0 fully saturated rings. The first-order chi connectivity index (χ1) is 13.6. The molecule has 3 aromatic rings. The maximum Gasteiger partial charge on any atom is 0.256 e. The second-order valence-electron chi connectivity index (χ2n) is 7.05. The number of nitrogens with zero attached hydrogens (tertiary/aromatic N) is 1. The van der Waals surface area contributed by atoms with Gasteiger partial charge in [-0.2, -0.15) is 0 Å². The summed E-state index contributed by atoms with van der Waals surface area (Å²) in [6.07, 6.45) is 0. The molecule has 0 unspecified atom stereocenters. The highest BCUT2D eigenvalue weighted by atomic mass is 32.3. The molecule has 0 saturated heterocycles. The molecular formula is C22H23NO4S2. The molecule has 0 aromatic heterocycles. The lowest BCUT2D eigenvalue weighted by Crippen LogP contribution is -2.36. The first-order valence-corrected chi connectivity index (χ1v) is 12.0. The first kappa shape index (κ1) is 21.2. The van der Waals surface area contributed by atoms with E-state index in [-0.39, 0.29) is 16.3 Å². The summed E-state index contributed by atoms with van der Waals surface area (Å²) in [6.45, 7) is 5.30. The van der Waals surface area contributed by atoms with Crippen LogP contribution in [0.3, 0.4) is 0 Å². The van der Waals surface area contributed by atoms with E-state index < -0.39 is 20.0 Å². The van der Waals surface area contributed by atoms with Crippen molar-refractivity contribution in [3.8, 4) is 0 Å². The minimum Gasteiger partial charge on any atom is -0.206 e. The van der Waals surface area contributed by atoms with Gasteiger partial charge in [-0.15, -0.1) is 0 Å². The van der Waals surface area contributed by atoms with Gasteiger partial charge in [-0.1, -0.05) is 68.9 Å². The van der Waals surface area contributed by atoms with Crippen LogP contribution in [0.2, 0.25) is 0 Å². The molecule has 3 rings (SSSR count). The molecule has 0 spiro atoms. The van der Waals surface area contributed by atoms with Crippen LogP contribution in [0.5, 0.6) is 0 Å². The van der Waals surface area contributed by atoms with Crippen molar-refractivity contribution >= 4 is 20.0 Å². The molecule has 0 radical (unpaired) electrons. The van der Waals surface area contributed by atoms with Crippen LogP contribution in [-0.4, -0.2) is 20.5 Å². The van der Waals surface area contributed by atoms with E-state index in [2.05, 4.69) is 0 Å². The Balaban J connectivity index is 2.14. The monoisotopic (exact) mass is 429 g/mol. The Labute approximate surface area is 172 Å². The topological polar surface area (TPSA) is 71.5 Å². The number of hydrogen-bond donors (Lipinski definition) is 0. The molecule has 0 aliphatic heterocycles. The Hall–Kier alpha value is -2.48. The van der Waals surface area contributed by atoms with E-state index in [1.165, 1.54) is 24.3 Å². The molecule has 29 heavy (non-hydrogen) atoms. The molecule has 3 aromatic carbocycles. The van der Waals surface area contributed by atoms with Gasteiger partial charge in [0.2, 0.25) is 0 Å². The van der Waals surface area contributed by atoms with Crippen LogP contribution in [0.25, 0.3) is 0 Å². The van der Waals surface area contributed by atoms with E-state index in [1.807, 2.05) is 32.9 Å². The fraction of sp³-hybridized carbons (Fsp3) is 0.182. The van der Waals surface area contributed by atoms with Gasteiger partial charge in [-0.25, -0.2) is 16.8 Å². The van der Waals surface area contributed by atoms with Gasteiger partial charge in [-0.05, 0) is 50.6 Å². The number of rotatable bonds is 6. The number of hydrogen-bond acceptors (Lipinski definition) is 4. The van der Waals surface area contributed by atoms with E-state index in [0.29, 0.717) is 9.27 Å². The average molecular weight is 430 g/mol. The maximum atomic E-state index is 13.3. The van der Waals surface area contributed by atoms with Crippen LogP contribution >= 0.6 is 0 Å². The van der Waals surface area contributed by atoms with E-state index in [4.69, 9.17) is 0 Å². The van der Waals surface area contributed by atoms with E-state index in [1.54, 1.807) is 36.4 Å². The fourth-order valence-electron chi connectivity index (χ4n) is 2.80. The van der Waals surface area contributed by atoms with Crippen LogP contribution in [0, 0.1) is 20.8 Å². The zero-order valence-corrected chi connectivity index (χ0v) is 18.2. The zero-order chi connectivity index (χ0) is 21.2. The number of sulfonamides is 2. The Morgan fingerprint density at radius 3 is 1.21 bits per heavy atom. The van der Waals surface area contributed by atoms with Crippen LogP contribution in [0.1, 0.15) is 22.3 Å². The van der Waals surface area contributed by atoms with Gasteiger partial charge < -0.3 is 0 Å². The summed E-state index contributed by atoms with van der Waals surface area (Å²) in [5.74, 6) is 0. The predicted octanol–water partition coefficient (Wildman–Crippen LogP) is 4.19. The number of benzene rings is 3. The summed E-state index contributed by atoms with van der Waals surface area (Å²) >= 11 is 0. The molecule has 0 heterocycles. The highest BCUT2D eigenvalue weighted by Crippen LogP contribution is 2.27. The number of aryl methyl sites for hydroxylation is 3. The van der Waals surface area contributed by atoms with Crippen LogP contribution < -0.4 is 0 Å². The van der Waals surface area contributed by atoms with Gasteiger partial charge in [0.1, 0.15) is 0 Å². The van der Waals surface area contributed by atoms with Gasteiger partial charge in [-0.3, -0.25) is 0 Å². The molecule has 0 amide bonds. The minimum absolute atomic E-state index is 0.0640. The van der Waals surface area contributed by atoms with Crippen molar-refractivity contribution in [3.63, 3.8) is 0 Å². The van der Waals surface area contributed by atoms with Crippen molar-refractivity contribution in [1.82, 2.24) is 3.71 Å². The molecule has 0 saturated carbocycles. The molecule has 0 N–H and O–H groups in total. The standard InChI is InChI=1S/C22H23NO4S2/c1-17-4-10-20(11-5-17)16-23(28(24,25)21-12-6-18(2)7-13-21)29(26,27)22-14-8-19(3)9-15-22/h4-15H,16H2,1-3H3. The molecule has 152 valence electrons. The third-order valence-electron chi connectivity index (χ3n) is 4.61. The van der Waals surface area contributed by atoms with Gasteiger partial charge in [0, 0.05) is 0 Å².